The minimum absolute atomic E-state index is 0.0316. The van der Waals surface area contributed by atoms with Crippen LogP contribution in [0.5, 0.6) is 0 Å². The summed E-state index contributed by atoms with van der Waals surface area (Å²) in [6.07, 6.45) is 8.83. The lowest BCUT2D eigenvalue weighted by atomic mass is 9.53. The van der Waals surface area contributed by atoms with E-state index in [1.54, 1.807) is 6.07 Å². The van der Waals surface area contributed by atoms with Crippen LogP contribution in [0.1, 0.15) is 49.0 Å². The van der Waals surface area contributed by atoms with Gasteiger partial charge < -0.3 is 10.3 Å². The fraction of sp³-hybridized carbons (Fsp3) is 0.667. The number of rotatable bonds is 2. The van der Waals surface area contributed by atoms with Gasteiger partial charge in [0.2, 0.25) is 0 Å². The maximum Gasteiger partial charge on any atom is 0.345 e. The van der Waals surface area contributed by atoms with Gasteiger partial charge in [0, 0.05) is 11.7 Å². The third kappa shape index (κ3) is 1.96. The van der Waals surface area contributed by atoms with Gasteiger partial charge in [-0.05, 0) is 62.3 Å². The van der Waals surface area contributed by atoms with E-state index in [0.717, 1.165) is 37.0 Å². The van der Waals surface area contributed by atoms with E-state index >= 15 is 0 Å². The van der Waals surface area contributed by atoms with E-state index in [1.165, 1.54) is 25.5 Å². The second kappa shape index (κ2) is 4.17. The molecule has 1 aromatic heterocycles. The highest BCUT2D eigenvalue weighted by atomic mass is 16.2. The standard InChI is InChI=1S/C15H19N3O2/c19-13(12-1-2-16-14(20)17-12)18-15-6-9-3-10(7-15)5-11(4-9)8-15/h1-2,9-11H,3-8H2,(H,18,19)(H,16,17,20). The molecule has 0 unspecified atom stereocenters. The molecule has 0 radical (unpaired) electrons. The summed E-state index contributed by atoms with van der Waals surface area (Å²) in [5.41, 5.74) is -0.275. The van der Waals surface area contributed by atoms with Crippen LogP contribution in [0.25, 0.3) is 0 Å². The van der Waals surface area contributed by atoms with Crippen LogP contribution < -0.4 is 11.0 Å². The first-order valence-corrected chi connectivity index (χ1v) is 7.50. The predicted molar refractivity (Wildman–Crippen MR) is 73.2 cm³/mol. The Balaban J connectivity index is 1.57. The molecule has 106 valence electrons. The number of hydrogen-bond acceptors (Lipinski definition) is 3. The molecule has 0 spiro atoms. The van der Waals surface area contributed by atoms with Gasteiger partial charge in [-0.25, -0.2) is 4.79 Å². The Labute approximate surface area is 117 Å². The zero-order chi connectivity index (χ0) is 13.7. The van der Waals surface area contributed by atoms with Crippen molar-refractivity contribution in [1.29, 1.82) is 0 Å². The first-order valence-electron chi connectivity index (χ1n) is 7.50. The lowest BCUT2D eigenvalue weighted by Gasteiger charge is -2.56. The molecule has 5 heteroatoms. The average Bonchev–Trinajstić information content (AvgIpc) is 2.36. The van der Waals surface area contributed by atoms with Crippen LogP contribution >= 0.6 is 0 Å². The van der Waals surface area contributed by atoms with Crippen LogP contribution in [0.2, 0.25) is 0 Å². The van der Waals surface area contributed by atoms with Crippen LogP contribution in [0, 0.1) is 17.8 Å². The van der Waals surface area contributed by atoms with Gasteiger partial charge >= 0.3 is 5.69 Å². The summed E-state index contributed by atoms with van der Waals surface area (Å²) < 4.78 is 0. The second-order valence-electron chi connectivity index (χ2n) is 6.93. The van der Waals surface area contributed by atoms with Gasteiger partial charge in [0.15, 0.2) is 0 Å². The third-order valence-electron chi connectivity index (χ3n) is 5.32. The monoisotopic (exact) mass is 273 g/mol. The molecule has 1 amide bonds. The molecule has 1 aromatic rings. The van der Waals surface area contributed by atoms with E-state index in [2.05, 4.69) is 15.3 Å². The van der Waals surface area contributed by atoms with Crippen LogP contribution in [-0.4, -0.2) is 21.4 Å². The predicted octanol–water partition coefficient (Wildman–Crippen LogP) is 1.47. The Morgan fingerprint density at radius 1 is 1.20 bits per heavy atom. The largest absolute Gasteiger partial charge is 0.345 e. The van der Waals surface area contributed by atoms with Crippen molar-refractivity contribution in [2.24, 2.45) is 17.8 Å². The average molecular weight is 273 g/mol. The quantitative estimate of drug-likeness (QED) is 0.856. The number of H-pyrrole nitrogens is 1. The van der Waals surface area contributed by atoms with Crippen LogP contribution in [0.15, 0.2) is 17.1 Å². The summed E-state index contributed by atoms with van der Waals surface area (Å²) >= 11 is 0. The zero-order valence-corrected chi connectivity index (χ0v) is 11.4. The van der Waals surface area contributed by atoms with Crippen molar-refractivity contribution < 1.29 is 4.79 Å². The Hall–Kier alpha value is -1.65. The van der Waals surface area contributed by atoms with E-state index in [9.17, 15) is 9.59 Å². The van der Waals surface area contributed by atoms with Crippen LogP contribution in [0.4, 0.5) is 0 Å². The fourth-order valence-electron chi connectivity index (χ4n) is 5.07. The summed E-state index contributed by atoms with van der Waals surface area (Å²) in [4.78, 5) is 29.8. The highest BCUT2D eigenvalue weighted by Gasteiger charge is 2.51. The number of aromatic nitrogens is 2. The maximum absolute atomic E-state index is 12.4. The molecule has 4 fully saturated rings. The summed E-state index contributed by atoms with van der Waals surface area (Å²) in [7, 11) is 0. The van der Waals surface area contributed by atoms with E-state index < -0.39 is 5.69 Å². The Morgan fingerprint density at radius 3 is 2.35 bits per heavy atom. The highest BCUT2D eigenvalue weighted by molar-refractivity contribution is 5.92. The van der Waals surface area contributed by atoms with E-state index in [-0.39, 0.29) is 17.1 Å². The molecule has 5 nitrogen and oxygen atoms in total. The Kier molecular flexibility index (Phi) is 2.53. The smallest absolute Gasteiger partial charge is 0.345 e. The van der Waals surface area contributed by atoms with Crippen molar-refractivity contribution >= 4 is 5.91 Å². The number of nitrogens with one attached hydrogen (secondary N) is 2. The first kappa shape index (κ1) is 12.1. The molecule has 4 aliphatic rings. The highest BCUT2D eigenvalue weighted by Crippen LogP contribution is 2.55. The Morgan fingerprint density at radius 2 is 1.80 bits per heavy atom. The van der Waals surface area contributed by atoms with Gasteiger partial charge in [0.05, 0.1) is 0 Å². The molecule has 0 saturated heterocycles. The number of aromatic amines is 1. The summed E-state index contributed by atoms with van der Waals surface area (Å²) in [6, 6.07) is 1.57. The summed E-state index contributed by atoms with van der Waals surface area (Å²) in [5.74, 6) is 2.16. The van der Waals surface area contributed by atoms with Gasteiger partial charge in [-0.1, -0.05) is 0 Å². The first-order chi connectivity index (χ1) is 9.62. The van der Waals surface area contributed by atoms with E-state index in [4.69, 9.17) is 0 Å². The van der Waals surface area contributed by atoms with Gasteiger partial charge in [0.1, 0.15) is 5.69 Å². The molecule has 0 aromatic carbocycles. The molecular weight excluding hydrogens is 254 g/mol. The topological polar surface area (TPSA) is 74.8 Å². The van der Waals surface area contributed by atoms with Crippen LogP contribution in [0.3, 0.4) is 0 Å². The summed E-state index contributed by atoms with van der Waals surface area (Å²) in [6.45, 7) is 0. The normalized spacial score (nSPS) is 37.9. The molecule has 4 bridgehead atoms. The number of hydrogen-bond donors (Lipinski definition) is 2. The number of amides is 1. The van der Waals surface area contributed by atoms with Crippen molar-refractivity contribution in [3.63, 3.8) is 0 Å². The Bertz CT molecular complexity index is 572. The van der Waals surface area contributed by atoms with E-state index in [1.807, 2.05) is 0 Å². The molecule has 4 saturated carbocycles. The number of carbonyl (C=O) groups is 1. The lowest BCUT2D eigenvalue weighted by Crippen LogP contribution is -2.60. The molecular formula is C15H19N3O2. The van der Waals surface area contributed by atoms with Gasteiger partial charge in [-0.15, -0.1) is 0 Å². The zero-order valence-electron chi connectivity index (χ0n) is 11.4. The fourth-order valence-corrected chi connectivity index (χ4v) is 5.07. The van der Waals surface area contributed by atoms with Crippen molar-refractivity contribution in [3.8, 4) is 0 Å². The molecule has 1 heterocycles. The number of carbonyl (C=O) groups excluding carboxylic acids is 1. The van der Waals surface area contributed by atoms with Gasteiger partial charge in [-0.3, -0.25) is 4.79 Å². The molecule has 4 aliphatic carbocycles. The summed E-state index contributed by atoms with van der Waals surface area (Å²) in [5, 5.41) is 3.21. The van der Waals surface area contributed by atoms with Crippen molar-refractivity contribution in [2.75, 3.05) is 0 Å². The minimum Gasteiger partial charge on any atom is -0.345 e. The van der Waals surface area contributed by atoms with Gasteiger partial charge in [0.25, 0.3) is 5.91 Å². The van der Waals surface area contributed by atoms with Crippen molar-refractivity contribution in [3.05, 3.63) is 28.4 Å². The van der Waals surface area contributed by atoms with Gasteiger partial charge in [-0.2, -0.15) is 4.98 Å². The van der Waals surface area contributed by atoms with E-state index in [0.29, 0.717) is 0 Å². The maximum atomic E-state index is 12.4. The van der Waals surface area contributed by atoms with Crippen LogP contribution in [-0.2, 0) is 0 Å². The molecule has 0 aliphatic heterocycles. The molecule has 0 atom stereocenters. The SMILES string of the molecule is O=C(NC12CC3CC(CC(C3)C1)C2)c1cc[nH]c(=O)n1. The third-order valence-corrected chi connectivity index (χ3v) is 5.32. The molecule has 5 rings (SSSR count). The minimum atomic E-state index is -0.469. The lowest BCUT2D eigenvalue weighted by molar-refractivity contribution is -0.0167. The van der Waals surface area contributed by atoms with Crippen molar-refractivity contribution in [2.45, 2.75) is 44.1 Å². The number of nitrogens with zero attached hydrogens (tertiary/aromatic N) is 1. The van der Waals surface area contributed by atoms with Crippen molar-refractivity contribution in [1.82, 2.24) is 15.3 Å². The molecule has 2 N–H and O–H groups in total. The molecule has 20 heavy (non-hydrogen) atoms. The second-order valence-corrected chi connectivity index (χ2v) is 6.93.